The number of rotatable bonds is 7. The summed E-state index contributed by atoms with van der Waals surface area (Å²) in [5.74, 6) is -1.77. The van der Waals surface area contributed by atoms with Crippen molar-refractivity contribution in [3.63, 3.8) is 0 Å². The normalized spacial score (nSPS) is 17.3. The molecule has 27 heavy (non-hydrogen) atoms. The van der Waals surface area contributed by atoms with Gasteiger partial charge < -0.3 is 15.2 Å². The summed E-state index contributed by atoms with van der Waals surface area (Å²) in [5, 5.41) is 12.0. The number of aliphatic carboxylic acids is 1. The average Bonchev–Trinajstić information content (AvgIpc) is 3.23. The number of amides is 1. The Hall–Kier alpha value is -2.99. The van der Waals surface area contributed by atoms with Crippen molar-refractivity contribution >= 4 is 17.7 Å². The Morgan fingerprint density at radius 2 is 1.70 bits per heavy atom. The highest BCUT2D eigenvalue weighted by molar-refractivity contribution is 6.08. The summed E-state index contributed by atoms with van der Waals surface area (Å²) >= 11 is 0. The molecule has 0 bridgehead atoms. The number of ether oxygens (including phenoxy) is 1. The quantitative estimate of drug-likeness (QED) is 0.731. The van der Waals surface area contributed by atoms with Crippen LogP contribution in [0.5, 0.6) is 0 Å². The van der Waals surface area contributed by atoms with Crippen molar-refractivity contribution in [3.05, 3.63) is 71.3 Å². The number of carbonyl (C=O) groups is 3. The highest BCUT2D eigenvalue weighted by atomic mass is 16.5. The second-order valence-electron chi connectivity index (χ2n) is 6.56. The minimum Gasteiger partial charge on any atom is -0.480 e. The van der Waals surface area contributed by atoms with Crippen molar-refractivity contribution in [2.45, 2.75) is 18.9 Å². The van der Waals surface area contributed by atoms with Crippen LogP contribution in [0.15, 0.2) is 54.6 Å². The molecule has 2 aromatic carbocycles. The van der Waals surface area contributed by atoms with Crippen LogP contribution in [0.4, 0.5) is 0 Å². The Morgan fingerprint density at radius 3 is 2.30 bits per heavy atom. The van der Waals surface area contributed by atoms with E-state index in [9.17, 15) is 19.5 Å². The molecular weight excluding hydrogens is 346 g/mol. The van der Waals surface area contributed by atoms with Crippen LogP contribution >= 0.6 is 0 Å². The van der Waals surface area contributed by atoms with Gasteiger partial charge in [0.05, 0.1) is 12.5 Å². The van der Waals surface area contributed by atoms with Gasteiger partial charge in [0.15, 0.2) is 5.78 Å². The van der Waals surface area contributed by atoms with Gasteiger partial charge in [-0.1, -0.05) is 54.6 Å². The molecule has 2 N–H and O–H groups in total. The molecule has 0 spiro atoms. The minimum atomic E-state index is -1.09. The second-order valence-corrected chi connectivity index (χ2v) is 6.56. The third kappa shape index (κ3) is 4.80. The highest BCUT2D eigenvalue weighted by Crippen LogP contribution is 2.15. The maximum Gasteiger partial charge on any atom is 0.326 e. The predicted octanol–water partition coefficient (Wildman–Crippen LogP) is 2.07. The fraction of sp³-hybridized carbons (Fsp3) is 0.286. The molecule has 2 aromatic rings. The molecule has 1 aliphatic rings. The summed E-state index contributed by atoms with van der Waals surface area (Å²) in [7, 11) is 0. The lowest BCUT2D eigenvalue weighted by molar-refractivity contribution is -0.142. The molecule has 0 saturated carbocycles. The number of carbonyl (C=O) groups excluding carboxylic acids is 2. The molecule has 6 heteroatoms. The van der Waals surface area contributed by atoms with Crippen molar-refractivity contribution in [1.82, 2.24) is 5.32 Å². The van der Waals surface area contributed by atoms with Gasteiger partial charge in [0.1, 0.15) is 6.04 Å². The van der Waals surface area contributed by atoms with Crippen molar-refractivity contribution in [2.75, 3.05) is 13.2 Å². The molecular formula is C21H21NO5. The van der Waals surface area contributed by atoms with E-state index in [0.29, 0.717) is 30.8 Å². The van der Waals surface area contributed by atoms with Crippen LogP contribution in [0.1, 0.15) is 27.9 Å². The van der Waals surface area contributed by atoms with E-state index in [-0.39, 0.29) is 24.0 Å². The number of ketones is 1. The van der Waals surface area contributed by atoms with E-state index < -0.39 is 12.0 Å². The first kappa shape index (κ1) is 18.8. The minimum absolute atomic E-state index is 0.0912. The monoisotopic (exact) mass is 367 g/mol. The first-order valence-electron chi connectivity index (χ1n) is 8.84. The standard InChI is InChI=1S/C21H21NO5/c23-19(15-4-2-1-3-5-15)16-8-6-14(7-9-16)12-18(21(25)26)22-20(24)17-10-11-27-13-17/h1-9,17-18H,10-13H2,(H,22,24)(H,25,26)/t17-,18+/m0/s1. The van der Waals surface area contributed by atoms with Crippen LogP contribution in [0.25, 0.3) is 0 Å². The third-order valence-electron chi connectivity index (χ3n) is 4.61. The maximum absolute atomic E-state index is 12.4. The molecule has 1 fully saturated rings. The lowest BCUT2D eigenvalue weighted by Crippen LogP contribution is -2.45. The fourth-order valence-electron chi connectivity index (χ4n) is 3.02. The number of carboxylic acid groups (broad SMARTS) is 1. The lowest BCUT2D eigenvalue weighted by Gasteiger charge is -2.17. The summed E-state index contributed by atoms with van der Waals surface area (Å²) < 4.78 is 5.17. The molecule has 3 rings (SSSR count). The van der Waals surface area contributed by atoms with Crippen molar-refractivity contribution in [2.24, 2.45) is 5.92 Å². The summed E-state index contributed by atoms with van der Waals surface area (Å²) in [5.41, 5.74) is 1.86. The molecule has 1 heterocycles. The maximum atomic E-state index is 12.4. The van der Waals surface area contributed by atoms with E-state index in [1.54, 1.807) is 48.5 Å². The first-order chi connectivity index (χ1) is 13.0. The smallest absolute Gasteiger partial charge is 0.326 e. The second kappa shape index (κ2) is 8.60. The Kier molecular flexibility index (Phi) is 5.98. The van der Waals surface area contributed by atoms with Gasteiger partial charge in [0.25, 0.3) is 0 Å². The Balaban J connectivity index is 1.65. The third-order valence-corrected chi connectivity index (χ3v) is 4.61. The lowest BCUT2D eigenvalue weighted by atomic mass is 9.99. The number of carboxylic acids is 1. The molecule has 6 nitrogen and oxygen atoms in total. The largest absolute Gasteiger partial charge is 0.480 e. The van der Waals surface area contributed by atoms with Gasteiger partial charge in [-0.2, -0.15) is 0 Å². The van der Waals surface area contributed by atoms with Gasteiger partial charge in [0, 0.05) is 24.2 Å². The van der Waals surface area contributed by atoms with Gasteiger partial charge in [-0.3, -0.25) is 9.59 Å². The number of nitrogens with one attached hydrogen (secondary N) is 1. The zero-order chi connectivity index (χ0) is 19.2. The zero-order valence-electron chi connectivity index (χ0n) is 14.8. The van der Waals surface area contributed by atoms with E-state index in [0.717, 1.165) is 5.56 Å². The molecule has 1 saturated heterocycles. The van der Waals surface area contributed by atoms with Crippen molar-refractivity contribution in [3.8, 4) is 0 Å². The first-order valence-corrected chi connectivity index (χ1v) is 8.84. The molecule has 0 aliphatic carbocycles. The van der Waals surface area contributed by atoms with Crippen molar-refractivity contribution < 1.29 is 24.2 Å². The highest BCUT2D eigenvalue weighted by Gasteiger charge is 2.28. The van der Waals surface area contributed by atoms with E-state index in [4.69, 9.17) is 4.74 Å². The number of benzene rings is 2. The van der Waals surface area contributed by atoms with E-state index in [1.807, 2.05) is 6.07 Å². The zero-order valence-corrected chi connectivity index (χ0v) is 14.8. The van der Waals surface area contributed by atoms with Crippen molar-refractivity contribution in [1.29, 1.82) is 0 Å². The number of hydrogen-bond acceptors (Lipinski definition) is 4. The average molecular weight is 367 g/mol. The Morgan fingerprint density at radius 1 is 1.04 bits per heavy atom. The van der Waals surface area contributed by atoms with Crippen LogP contribution in [0, 0.1) is 5.92 Å². The van der Waals surface area contributed by atoms with Gasteiger partial charge in [-0.15, -0.1) is 0 Å². The molecule has 0 unspecified atom stereocenters. The van der Waals surface area contributed by atoms with Crippen LogP contribution in [-0.2, 0) is 20.7 Å². The van der Waals surface area contributed by atoms with Gasteiger partial charge >= 0.3 is 5.97 Å². The van der Waals surface area contributed by atoms with Crippen LogP contribution in [0.2, 0.25) is 0 Å². The SMILES string of the molecule is O=C(c1ccccc1)c1ccc(C[C@@H](NC(=O)[C@H]2CCOC2)C(=O)O)cc1. The fourth-order valence-corrected chi connectivity index (χ4v) is 3.02. The summed E-state index contributed by atoms with van der Waals surface area (Å²) in [6.07, 6.45) is 0.753. The summed E-state index contributed by atoms with van der Waals surface area (Å²) in [6, 6.07) is 14.7. The van der Waals surface area contributed by atoms with E-state index in [1.165, 1.54) is 0 Å². The molecule has 2 atom stereocenters. The summed E-state index contributed by atoms with van der Waals surface area (Å²) in [6.45, 7) is 0.848. The van der Waals surface area contributed by atoms with Gasteiger partial charge in [0.2, 0.25) is 5.91 Å². The van der Waals surface area contributed by atoms with E-state index in [2.05, 4.69) is 5.32 Å². The van der Waals surface area contributed by atoms with E-state index >= 15 is 0 Å². The Bertz CT molecular complexity index is 810. The number of hydrogen-bond donors (Lipinski definition) is 2. The van der Waals surface area contributed by atoms with Crippen LogP contribution in [0.3, 0.4) is 0 Å². The summed E-state index contributed by atoms with van der Waals surface area (Å²) in [4.78, 5) is 36.1. The molecule has 0 radical (unpaired) electrons. The van der Waals surface area contributed by atoms with Gasteiger partial charge in [-0.05, 0) is 12.0 Å². The Labute approximate surface area is 157 Å². The van der Waals surface area contributed by atoms with Crippen LogP contribution in [-0.4, -0.2) is 42.0 Å². The molecule has 1 aliphatic heterocycles. The van der Waals surface area contributed by atoms with Crippen LogP contribution < -0.4 is 5.32 Å². The molecule has 0 aromatic heterocycles. The topological polar surface area (TPSA) is 92.7 Å². The van der Waals surface area contributed by atoms with Gasteiger partial charge in [-0.25, -0.2) is 4.79 Å². The predicted molar refractivity (Wildman–Crippen MR) is 98.5 cm³/mol. The molecule has 1 amide bonds. The molecule has 140 valence electrons.